The molecular weight excluding hydrogens is 414 g/mol. The zero-order valence-electron chi connectivity index (χ0n) is 8.18. The quantitative estimate of drug-likeness (QED) is 0.492. The van der Waals surface area contributed by atoms with Crippen LogP contribution in [0.5, 0.6) is 0 Å². The summed E-state index contributed by atoms with van der Waals surface area (Å²) in [6.07, 6.45) is 0. The number of hydrogen-bond acceptors (Lipinski definition) is 1. The summed E-state index contributed by atoms with van der Waals surface area (Å²) in [6.45, 7) is 0. The lowest BCUT2D eigenvalue weighted by Crippen LogP contribution is -1.97. The van der Waals surface area contributed by atoms with E-state index in [0.29, 0.717) is 18.7 Å². The highest BCUT2D eigenvalue weighted by Gasteiger charge is 2.21. The van der Waals surface area contributed by atoms with Crippen LogP contribution in [0.3, 0.4) is 0 Å². The topological polar surface area (TPSA) is 0 Å². The third kappa shape index (κ3) is 2.87. The highest BCUT2D eigenvalue weighted by Crippen LogP contribution is 2.44. The second-order valence-electron chi connectivity index (χ2n) is 3.28. The van der Waals surface area contributed by atoms with Crippen molar-refractivity contribution < 1.29 is 4.39 Å². The third-order valence-electron chi connectivity index (χ3n) is 2.21. The summed E-state index contributed by atoms with van der Waals surface area (Å²) in [5, 5.41) is 0. The molecule has 0 nitrogen and oxygen atoms in total. The fraction of sp³-hybridized carbons (Fsp3) is 0.0909. The molecule has 1 aromatic carbocycles. The molecule has 1 aromatic heterocycles. The highest BCUT2D eigenvalue weighted by atomic mass is 79.9. The van der Waals surface area contributed by atoms with Crippen LogP contribution >= 0.6 is 66.4 Å². The Morgan fingerprint density at radius 1 is 1.29 bits per heavy atom. The van der Waals surface area contributed by atoms with Gasteiger partial charge in [-0.05, 0) is 18.2 Å². The van der Waals surface area contributed by atoms with Gasteiger partial charge in [-0.3, -0.25) is 0 Å². The normalized spacial score (nSPS) is 12.8. The highest BCUT2D eigenvalue weighted by molar-refractivity contribution is 9.11. The van der Waals surface area contributed by atoms with E-state index in [9.17, 15) is 4.39 Å². The Morgan fingerprint density at radius 2 is 2.00 bits per heavy atom. The molecule has 90 valence electrons. The Labute approximate surface area is 129 Å². The molecule has 0 saturated carbocycles. The van der Waals surface area contributed by atoms with Gasteiger partial charge in [-0.2, -0.15) is 0 Å². The Kier molecular flexibility index (Phi) is 4.53. The molecule has 1 unspecified atom stereocenters. The zero-order chi connectivity index (χ0) is 12.6. The van der Waals surface area contributed by atoms with Gasteiger partial charge in [-0.1, -0.05) is 61.1 Å². The smallest absolute Gasteiger partial charge is 0.129 e. The fourth-order valence-corrected chi connectivity index (χ4v) is 4.95. The van der Waals surface area contributed by atoms with E-state index in [1.54, 1.807) is 18.2 Å². The second-order valence-corrected chi connectivity index (χ2v) is 7.33. The lowest BCUT2D eigenvalue weighted by molar-refractivity contribution is 0.612. The van der Waals surface area contributed by atoms with E-state index in [1.165, 1.54) is 17.4 Å². The fourth-order valence-electron chi connectivity index (χ4n) is 1.43. The minimum absolute atomic E-state index is 0.292. The molecule has 0 fully saturated rings. The van der Waals surface area contributed by atoms with Crippen LogP contribution in [0.4, 0.5) is 4.39 Å². The molecule has 17 heavy (non-hydrogen) atoms. The van der Waals surface area contributed by atoms with Gasteiger partial charge in [0.05, 0.1) is 13.5 Å². The monoisotopic (exact) mass is 416 g/mol. The van der Waals surface area contributed by atoms with E-state index in [2.05, 4.69) is 31.9 Å². The first-order chi connectivity index (χ1) is 8.00. The van der Waals surface area contributed by atoms with Gasteiger partial charge in [0, 0.05) is 15.6 Å². The SMILES string of the molecule is Fc1cccc(Br)c1C(Br)c1cc(Cl)sc1Cl. The summed E-state index contributed by atoms with van der Waals surface area (Å²) in [5.41, 5.74) is 1.29. The molecule has 0 radical (unpaired) electrons. The first-order valence-electron chi connectivity index (χ1n) is 4.53. The lowest BCUT2D eigenvalue weighted by Gasteiger charge is -2.12. The molecule has 2 aromatic rings. The molecule has 6 heteroatoms. The maximum atomic E-state index is 13.8. The Morgan fingerprint density at radius 3 is 2.53 bits per heavy atom. The van der Waals surface area contributed by atoms with E-state index in [4.69, 9.17) is 23.2 Å². The van der Waals surface area contributed by atoms with Crippen LogP contribution < -0.4 is 0 Å². The molecular formula is C11H5Br2Cl2FS. The van der Waals surface area contributed by atoms with Gasteiger partial charge < -0.3 is 0 Å². The molecule has 0 aliphatic carbocycles. The van der Waals surface area contributed by atoms with Crippen molar-refractivity contribution >= 4 is 66.4 Å². The van der Waals surface area contributed by atoms with Crippen molar-refractivity contribution in [3.8, 4) is 0 Å². The molecule has 1 heterocycles. The van der Waals surface area contributed by atoms with Gasteiger partial charge in [0.1, 0.15) is 5.82 Å². The summed E-state index contributed by atoms with van der Waals surface area (Å²) < 4.78 is 15.6. The number of thiophene rings is 1. The molecule has 0 spiro atoms. The van der Waals surface area contributed by atoms with Crippen LogP contribution in [0, 0.1) is 5.82 Å². The molecule has 0 N–H and O–H groups in total. The van der Waals surface area contributed by atoms with E-state index < -0.39 is 0 Å². The van der Waals surface area contributed by atoms with Crippen molar-refractivity contribution in [3.63, 3.8) is 0 Å². The van der Waals surface area contributed by atoms with Gasteiger partial charge in [-0.25, -0.2) is 4.39 Å². The molecule has 0 amide bonds. The average Bonchev–Trinajstić information content (AvgIpc) is 2.57. The van der Waals surface area contributed by atoms with Crippen molar-refractivity contribution in [2.45, 2.75) is 4.83 Å². The molecule has 0 bridgehead atoms. The van der Waals surface area contributed by atoms with E-state index in [-0.39, 0.29) is 10.6 Å². The third-order valence-corrected chi connectivity index (χ3v) is 5.37. The molecule has 1 atom stereocenters. The number of rotatable bonds is 2. The number of hydrogen-bond donors (Lipinski definition) is 0. The Bertz CT molecular complexity index is 536. The zero-order valence-corrected chi connectivity index (χ0v) is 13.7. The minimum Gasteiger partial charge on any atom is -0.207 e. The molecule has 0 aliphatic rings. The largest absolute Gasteiger partial charge is 0.207 e. The minimum atomic E-state index is -0.325. The van der Waals surface area contributed by atoms with Crippen LogP contribution in [-0.2, 0) is 0 Å². The molecule has 0 saturated heterocycles. The first kappa shape index (κ1) is 13.8. The van der Waals surface area contributed by atoms with Crippen LogP contribution in [0.25, 0.3) is 0 Å². The average molecular weight is 419 g/mol. The lowest BCUT2D eigenvalue weighted by atomic mass is 10.1. The number of alkyl halides is 1. The second kappa shape index (κ2) is 5.57. The van der Waals surface area contributed by atoms with Gasteiger partial charge in [0.2, 0.25) is 0 Å². The number of halogens is 5. The van der Waals surface area contributed by atoms with Crippen molar-refractivity contribution in [1.29, 1.82) is 0 Å². The van der Waals surface area contributed by atoms with E-state index in [0.717, 1.165) is 5.56 Å². The number of benzene rings is 1. The van der Waals surface area contributed by atoms with E-state index in [1.807, 2.05) is 0 Å². The van der Waals surface area contributed by atoms with Gasteiger partial charge in [-0.15, -0.1) is 11.3 Å². The van der Waals surface area contributed by atoms with Crippen molar-refractivity contribution in [3.05, 3.63) is 54.4 Å². The summed E-state index contributed by atoms with van der Waals surface area (Å²) in [7, 11) is 0. The van der Waals surface area contributed by atoms with Gasteiger partial charge in [0.25, 0.3) is 0 Å². The van der Waals surface area contributed by atoms with Gasteiger partial charge in [0.15, 0.2) is 0 Å². The van der Waals surface area contributed by atoms with Crippen LogP contribution in [0.2, 0.25) is 8.67 Å². The predicted octanol–water partition coefficient (Wildman–Crippen LogP) is 6.44. The summed E-state index contributed by atoms with van der Waals surface area (Å²) in [5.74, 6) is -0.292. The maximum absolute atomic E-state index is 13.8. The van der Waals surface area contributed by atoms with E-state index >= 15 is 0 Å². The molecule has 0 aliphatic heterocycles. The Balaban J connectivity index is 2.51. The first-order valence-corrected chi connectivity index (χ1v) is 7.81. The van der Waals surface area contributed by atoms with Crippen LogP contribution in [-0.4, -0.2) is 0 Å². The standard InChI is InChI=1S/C11H5Br2Cl2FS/c12-6-2-1-3-7(16)9(6)10(13)5-4-8(14)17-11(5)15/h1-4,10H. The van der Waals surface area contributed by atoms with Crippen molar-refractivity contribution in [1.82, 2.24) is 0 Å². The predicted molar refractivity (Wildman–Crippen MR) is 79.2 cm³/mol. The van der Waals surface area contributed by atoms with Gasteiger partial charge >= 0.3 is 0 Å². The maximum Gasteiger partial charge on any atom is 0.129 e. The Hall–Kier alpha value is 0.390. The summed E-state index contributed by atoms with van der Waals surface area (Å²) >= 11 is 20.0. The van der Waals surface area contributed by atoms with Crippen LogP contribution in [0.15, 0.2) is 28.7 Å². The van der Waals surface area contributed by atoms with Crippen LogP contribution in [0.1, 0.15) is 16.0 Å². The summed E-state index contributed by atoms with van der Waals surface area (Å²) in [6, 6.07) is 6.59. The summed E-state index contributed by atoms with van der Waals surface area (Å²) in [4.78, 5) is -0.325. The van der Waals surface area contributed by atoms with Crippen molar-refractivity contribution in [2.24, 2.45) is 0 Å². The van der Waals surface area contributed by atoms with Crippen molar-refractivity contribution in [2.75, 3.05) is 0 Å². The molecule has 2 rings (SSSR count).